The van der Waals surface area contributed by atoms with Gasteiger partial charge in [0.15, 0.2) is 8.32 Å². The summed E-state index contributed by atoms with van der Waals surface area (Å²) < 4.78 is 6.82. The summed E-state index contributed by atoms with van der Waals surface area (Å²) in [6.45, 7) is 6.25. The highest BCUT2D eigenvalue weighted by atomic mass is 28.4. The van der Waals surface area contributed by atoms with E-state index in [0.717, 1.165) is 23.0 Å². The molecule has 8 nitrogen and oxygen atoms in total. The first-order chi connectivity index (χ1) is 14.6. The van der Waals surface area contributed by atoms with Crippen molar-refractivity contribution < 1.29 is 24.0 Å². The summed E-state index contributed by atoms with van der Waals surface area (Å²) in [7, 11) is -0.749. The fraction of sp³-hybridized carbons (Fsp3) is 0.545. The third-order valence-corrected chi connectivity index (χ3v) is 11.7. The van der Waals surface area contributed by atoms with E-state index in [-0.39, 0.29) is 23.9 Å². The van der Waals surface area contributed by atoms with E-state index in [1.807, 2.05) is 0 Å². The van der Waals surface area contributed by atoms with Crippen molar-refractivity contribution in [3.63, 3.8) is 0 Å². The minimum absolute atomic E-state index is 0.0669. The molecular formula is C22H30N2O6Si. The van der Waals surface area contributed by atoms with Crippen LogP contribution in [-0.4, -0.2) is 47.7 Å². The van der Waals surface area contributed by atoms with Gasteiger partial charge in [-0.15, -0.1) is 0 Å². The Balaban J connectivity index is 2.06. The van der Waals surface area contributed by atoms with Crippen molar-refractivity contribution in [2.24, 2.45) is 11.8 Å². The van der Waals surface area contributed by atoms with Crippen molar-refractivity contribution in [1.82, 2.24) is 4.90 Å². The van der Waals surface area contributed by atoms with Crippen LogP contribution in [0.2, 0.25) is 18.1 Å². The van der Waals surface area contributed by atoms with E-state index in [4.69, 9.17) is 4.43 Å². The van der Waals surface area contributed by atoms with E-state index in [9.17, 15) is 24.8 Å². The summed E-state index contributed by atoms with van der Waals surface area (Å²) in [6, 6.07) is 8.30. The normalized spacial score (nSPS) is 26.8. The molecule has 4 atom stereocenters. The maximum Gasteiger partial charge on any atom is 0.269 e. The number of aliphatic hydroxyl groups excluding tert-OH is 1. The number of rotatable bonds is 8. The van der Waals surface area contributed by atoms with Crippen molar-refractivity contribution in [1.29, 1.82) is 0 Å². The molecule has 0 aromatic heterocycles. The lowest BCUT2D eigenvalue weighted by Crippen LogP contribution is -2.52. The molecule has 2 aliphatic rings. The number of carbonyl (C=O) groups excluding carboxylic acids is 2. The fourth-order valence-electron chi connectivity index (χ4n) is 4.78. The van der Waals surface area contributed by atoms with E-state index < -0.39 is 36.8 Å². The molecule has 1 fully saturated rings. The molecule has 1 aromatic rings. The van der Waals surface area contributed by atoms with E-state index in [2.05, 4.69) is 20.8 Å². The predicted molar refractivity (Wildman–Crippen MR) is 118 cm³/mol. The predicted octanol–water partition coefficient (Wildman–Crippen LogP) is 3.58. The van der Waals surface area contributed by atoms with Crippen molar-refractivity contribution in [2.45, 2.75) is 57.0 Å². The van der Waals surface area contributed by atoms with Crippen LogP contribution < -0.4 is 0 Å². The summed E-state index contributed by atoms with van der Waals surface area (Å²) in [4.78, 5) is 36.9. The molecule has 0 spiro atoms. The van der Waals surface area contributed by atoms with Gasteiger partial charge in [-0.3, -0.25) is 24.6 Å². The Labute approximate surface area is 183 Å². The number of likely N-dealkylation sites (tertiary alicyclic amines) is 1. The summed E-state index contributed by atoms with van der Waals surface area (Å²) in [6.07, 6.45) is 2.52. The molecule has 0 bridgehead atoms. The average molecular weight is 447 g/mol. The Kier molecular flexibility index (Phi) is 6.50. The molecule has 1 N–H and O–H groups in total. The number of imide groups is 1. The molecular weight excluding hydrogens is 416 g/mol. The maximum absolute atomic E-state index is 12.8. The zero-order valence-electron chi connectivity index (χ0n) is 18.4. The highest BCUT2D eigenvalue weighted by Crippen LogP contribution is 2.47. The van der Waals surface area contributed by atoms with Gasteiger partial charge in [-0.1, -0.05) is 32.9 Å². The third kappa shape index (κ3) is 3.97. The zero-order chi connectivity index (χ0) is 23.0. The number of amides is 2. The first-order valence-electron chi connectivity index (χ1n) is 10.8. The van der Waals surface area contributed by atoms with Crippen LogP contribution >= 0.6 is 0 Å². The fourth-order valence-corrected chi connectivity index (χ4v) is 7.78. The number of nitrogens with zero attached hydrogens (tertiary/aromatic N) is 2. The molecule has 0 unspecified atom stereocenters. The molecule has 168 valence electrons. The van der Waals surface area contributed by atoms with Gasteiger partial charge in [0.1, 0.15) is 11.7 Å². The molecule has 2 amide bonds. The number of non-ortho nitro benzene ring substituents is 1. The Morgan fingerprint density at radius 3 is 2.29 bits per heavy atom. The average Bonchev–Trinajstić information content (AvgIpc) is 3.00. The highest BCUT2D eigenvalue weighted by molar-refractivity contribution is 6.73. The number of benzene rings is 1. The monoisotopic (exact) mass is 446 g/mol. The standard InChI is InChI=1S/C22H30N2O6Si/c1-5-31(6-2,7-3)30-22(19(25)15-8-10-16(11-9-15)24(28)29)13-12-17-18(14-22)21(27)23(4)20(17)26/h8-13,17-19,25H,5-7,14H2,1-4H3/t17-,18+,19-,22-/m1/s1. The second-order valence-corrected chi connectivity index (χ2v) is 13.2. The van der Waals surface area contributed by atoms with E-state index in [1.54, 1.807) is 12.2 Å². The van der Waals surface area contributed by atoms with E-state index >= 15 is 0 Å². The molecule has 1 saturated heterocycles. The van der Waals surface area contributed by atoms with Crippen molar-refractivity contribution in [2.75, 3.05) is 7.05 Å². The van der Waals surface area contributed by atoms with Crippen LogP contribution in [-0.2, 0) is 14.0 Å². The van der Waals surface area contributed by atoms with Crippen LogP contribution in [0.1, 0.15) is 38.9 Å². The van der Waals surface area contributed by atoms with Gasteiger partial charge < -0.3 is 9.53 Å². The van der Waals surface area contributed by atoms with Gasteiger partial charge >= 0.3 is 0 Å². The summed E-state index contributed by atoms with van der Waals surface area (Å²) >= 11 is 0. The topological polar surface area (TPSA) is 110 Å². The van der Waals surface area contributed by atoms with Gasteiger partial charge in [0.05, 0.1) is 16.8 Å². The Morgan fingerprint density at radius 1 is 1.19 bits per heavy atom. The van der Waals surface area contributed by atoms with Crippen LogP contribution in [0, 0.1) is 22.0 Å². The molecule has 1 aromatic carbocycles. The smallest absolute Gasteiger partial charge is 0.269 e. The minimum atomic E-state index is -2.23. The molecule has 31 heavy (non-hydrogen) atoms. The van der Waals surface area contributed by atoms with Gasteiger partial charge in [0.2, 0.25) is 11.8 Å². The molecule has 9 heteroatoms. The van der Waals surface area contributed by atoms with Gasteiger partial charge in [0.25, 0.3) is 5.69 Å². The molecule has 1 aliphatic carbocycles. The number of carbonyl (C=O) groups is 2. The van der Waals surface area contributed by atoms with Crippen LogP contribution in [0.4, 0.5) is 5.69 Å². The van der Waals surface area contributed by atoms with Gasteiger partial charge in [-0.05, 0) is 42.2 Å². The number of aliphatic hydroxyl groups is 1. The molecule has 0 radical (unpaired) electrons. The quantitative estimate of drug-likeness (QED) is 0.215. The summed E-state index contributed by atoms with van der Waals surface area (Å²) in [5.74, 6) is -1.64. The third-order valence-electron chi connectivity index (χ3n) is 7.04. The van der Waals surface area contributed by atoms with Gasteiger partial charge in [0, 0.05) is 19.2 Å². The number of nitro groups is 1. The zero-order valence-corrected chi connectivity index (χ0v) is 19.4. The number of nitro benzene ring substituents is 1. The van der Waals surface area contributed by atoms with Crippen LogP contribution in [0.25, 0.3) is 0 Å². The lowest BCUT2D eigenvalue weighted by atomic mass is 9.74. The Morgan fingerprint density at radius 2 is 1.77 bits per heavy atom. The SMILES string of the molecule is CC[Si](CC)(CC)O[C@]1([C@H](O)c2ccc([N+](=O)[O-])cc2)C=C[C@H]2C(=O)N(C)C(=O)[C@H]2C1. The van der Waals surface area contributed by atoms with Crippen LogP contribution in [0.5, 0.6) is 0 Å². The molecule has 3 rings (SSSR count). The van der Waals surface area contributed by atoms with Crippen LogP contribution in [0.3, 0.4) is 0 Å². The molecule has 0 saturated carbocycles. The van der Waals surface area contributed by atoms with E-state index in [1.165, 1.54) is 31.3 Å². The van der Waals surface area contributed by atoms with Gasteiger partial charge in [-0.2, -0.15) is 0 Å². The van der Waals surface area contributed by atoms with Crippen molar-refractivity contribution >= 4 is 25.8 Å². The second kappa shape index (κ2) is 8.64. The largest absolute Gasteiger partial charge is 0.405 e. The summed E-state index contributed by atoms with van der Waals surface area (Å²) in [5, 5.41) is 22.5. The van der Waals surface area contributed by atoms with E-state index in [0.29, 0.717) is 5.56 Å². The summed E-state index contributed by atoms with van der Waals surface area (Å²) in [5.41, 5.74) is -0.764. The second-order valence-electron chi connectivity index (χ2n) is 8.48. The highest BCUT2D eigenvalue weighted by Gasteiger charge is 2.55. The van der Waals surface area contributed by atoms with Crippen molar-refractivity contribution in [3.8, 4) is 0 Å². The molecule has 1 heterocycles. The Hall–Kier alpha value is -2.36. The number of hydrogen-bond acceptors (Lipinski definition) is 6. The minimum Gasteiger partial charge on any atom is -0.405 e. The van der Waals surface area contributed by atoms with Gasteiger partial charge in [-0.25, -0.2) is 0 Å². The maximum atomic E-state index is 12.8. The Bertz CT molecular complexity index is 890. The van der Waals surface area contributed by atoms with Crippen molar-refractivity contribution in [3.05, 3.63) is 52.1 Å². The first-order valence-corrected chi connectivity index (χ1v) is 13.3. The number of hydrogen-bond donors (Lipinski definition) is 1. The first kappa shape index (κ1) is 23.3. The van der Waals surface area contributed by atoms with Crippen LogP contribution in [0.15, 0.2) is 36.4 Å². The lowest BCUT2D eigenvalue weighted by molar-refractivity contribution is -0.384. The molecule has 1 aliphatic heterocycles. The number of fused-ring (bicyclic) bond motifs is 1. The lowest BCUT2D eigenvalue weighted by Gasteiger charge is -2.46.